The number of hydrogen-bond acceptors (Lipinski definition) is 2. The van der Waals surface area contributed by atoms with Crippen molar-refractivity contribution in [3.05, 3.63) is 54.5 Å². The zero-order chi connectivity index (χ0) is 13.3. The first-order valence-electron chi connectivity index (χ1n) is 5.70. The van der Waals surface area contributed by atoms with E-state index in [0.717, 1.165) is 11.1 Å². The molecular weight excluding hydrogens is 360 g/mol. The average Bonchev–Trinajstić information content (AvgIpc) is 2.69. The van der Waals surface area contributed by atoms with Gasteiger partial charge in [0.15, 0.2) is 0 Å². The highest BCUT2D eigenvalue weighted by Crippen LogP contribution is 2.31. The van der Waals surface area contributed by atoms with Crippen molar-refractivity contribution in [3.63, 3.8) is 0 Å². The Balaban J connectivity index is 2.51. The Bertz CT molecular complexity index is 542. The first-order chi connectivity index (χ1) is 8.52. The van der Waals surface area contributed by atoms with Crippen LogP contribution >= 0.6 is 33.9 Å². The zero-order valence-electron chi connectivity index (χ0n) is 10.6. The number of nitrogens with one attached hydrogen (secondary N) is 1. The second-order valence-electron chi connectivity index (χ2n) is 4.36. The highest BCUT2D eigenvalue weighted by molar-refractivity contribution is 14.1. The molecule has 1 atom stereocenters. The monoisotopic (exact) mass is 375 g/mol. The Morgan fingerprint density at radius 3 is 2.28 bits per heavy atom. The van der Waals surface area contributed by atoms with Crippen molar-refractivity contribution < 1.29 is 4.39 Å². The van der Waals surface area contributed by atoms with Gasteiger partial charge in [-0.25, -0.2) is 4.39 Å². The first kappa shape index (κ1) is 14.0. The topological polar surface area (TPSA) is 12.0 Å². The summed E-state index contributed by atoms with van der Waals surface area (Å²) >= 11 is 4.05. The lowest BCUT2D eigenvalue weighted by molar-refractivity contribution is 0.618. The number of aryl methyl sites for hydroxylation is 2. The molecule has 1 unspecified atom stereocenters. The van der Waals surface area contributed by atoms with Gasteiger partial charge in [-0.1, -0.05) is 0 Å². The average molecular weight is 375 g/mol. The smallest absolute Gasteiger partial charge is 0.123 e. The molecule has 2 aromatic rings. The van der Waals surface area contributed by atoms with Crippen LogP contribution in [0.15, 0.2) is 23.6 Å². The molecule has 0 amide bonds. The standard InChI is InChI=1S/C14H15FINS/c1-8-4-11(15)5-9(2)13(8)14(17-3)10-6-12(16)18-7-10/h4-7,14,17H,1-3H3. The lowest BCUT2D eigenvalue weighted by Gasteiger charge is -2.20. The summed E-state index contributed by atoms with van der Waals surface area (Å²) in [6.45, 7) is 3.93. The third-order valence-corrected chi connectivity index (χ3v) is 4.86. The molecule has 1 aromatic heterocycles. The summed E-state index contributed by atoms with van der Waals surface area (Å²) in [6, 6.07) is 5.51. The van der Waals surface area contributed by atoms with Gasteiger partial charge in [-0.05, 0) is 89.3 Å². The van der Waals surface area contributed by atoms with Crippen molar-refractivity contribution in [3.8, 4) is 0 Å². The summed E-state index contributed by atoms with van der Waals surface area (Å²) in [5, 5.41) is 5.49. The predicted molar refractivity (Wildman–Crippen MR) is 83.8 cm³/mol. The maximum absolute atomic E-state index is 13.4. The van der Waals surface area contributed by atoms with Gasteiger partial charge in [-0.3, -0.25) is 0 Å². The fraction of sp³-hybridized carbons (Fsp3) is 0.286. The van der Waals surface area contributed by atoms with E-state index in [-0.39, 0.29) is 11.9 Å². The maximum Gasteiger partial charge on any atom is 0.123 e. The Morgan fingerprint density at radius 1 is 1.22 bits per heavy atom. The molecule has 1 heterocycles. The van der Waals surface area contributed by atoms with Crippen molar-refractivity contribution in [1.29, 1.82) is 0 Å². The largest absolute Gasteiger partial charge is 0.309 e. The summed E-state index contributed by atoms with van der Waals surface area (Å²) in [5.74, 6) is -0.163. The van der Waals surface area contributed by atoms with E-state index in [1.807, 2.05) is 20.9 Å². The van der Waals surface area contributed by atoms with Crippen LogP contribution in [0.2, 0.25) is 0 Å². The summed E-state index contributed by atoms with van der Waals surface area (Å²) in [6.07, 6.45) is 0. The molecule has 1 nitrogen and oxygen atoms in total. The molecule has 0 aliphatic rings. The van der Waals surface area contributed by atoms with E-state index in [0.29, 0.717) is 0 Å². The molecule has 0 saturated heterocycles. The van der Waals surface area contributed by atoms with Crippen molar-refractivity contribution in [2.75, 3.05) is 7.05 Å². The lowest BCUT2D eigenvalue weighted by atomic mass is 9.92. The van der Waals surface area contributed by atoms with Crippen LogP contribution in [0.3, 0.4) is 0 Å². The number of rotatable bonds is 3. The summed E-state index contributed by atoms with van der Waals surface area (Å²) in [5.41, 5.74) is 4.40. The Hall–Kier alpha value is -0.460. The normalized spacial score (nSPS) is 12.7. The fourth-order valence-electron chi connectivity index (χ4n) is 2.33. The van der Waals surface area contributed by atoms with E-state index in [2.05, 4.69) is 39.4 Å². The van der Waals surface area contributed by atoms with Crippen LogP contribution in [-0.2, 0) is 0 Å². The van der Waals surface area contributed by atoms with Gasteiger partial charge in [0.1, 0.15) is 5.82 Å². The molecule has 0 radical (unpaired) electrons. The van der Waals surface area contributed by atoms with E-state index in [4.69, 9.17) is 0 Å². The molecule has 1 N–H and O–H groups in total. The van der Waals surface area contributed by atoms with Gasteiger partial charge >= 0.3 is 0 Å². The first-order valence-corrected chi connectivity index (χ1v) is 7.66. The maximum atomic E-state index is 13.4. The molecule has 4 heteroatoms. The van der Waals surface area contributed by atoms with E-state index < -0.39 is 0 Å². The second-order valence-corrected chi connectivity index (χ2v) is 7.16. The molecule has 96 valence electrons. The Morgan fingerprint density at radius 2 is 1.83 bits per heavy atom. The van der Waals surface area contributed by atoms with Crippen molar-refractivity contribution in [2.45, 2.75) is 19.9 Å². The van der Waals surface area contributed by atoms with Crippen LogP contribution in [0.1, 0.15) is 28.3 Å². The zero-order valence-corrected chi connectivity index (χ0v) is 13.5. The van der Waals surface area contributed by atoms with E-state index in [9.17, 15) is 4.39 Å². The molecule has 0 fully saturated rings. The van der Waals surface area contributed by atoms with Crippen LogP contribution in [-0.4, -0.2) is 7.05 Å². The van der Waals surface area contributed by atoms with Crippen molar-refractivity contribution >= 4 is 33.9 Å². The molecule has 0 saturated carbocycles. The minimum atomic E-state index is -0.163. The summed E-state index contributed by atoms with van der Waals surface area (Å²) < 4.78 is 14.6. The van der Waals surface area contributed by atoms with Gasteiger partial charge in [-0.15, -0.1) is 11.3 Å². The minimum absolute atomic E-state index is 0.130. The van der Waals surface area contributed by atoms with E-state index in [1.165, 1.54) is 14.0 Å². The third-order valence-electron chi connectivity index (χ3n) is 3.06. The minimum Gasteiger partial charge on any atom is -0.309 e. The number of hydrogen-bond donors (Lipinski definition) is 1. The molecule has 0 spiro atoms. The van der Waals surface area contributed by atoms with Crippen LogP contribution in [0.25, 0.3) is 0 Å². The molecule has 0 aliphatic heterocycles. The van der Waals surface area contributed by atoms with Crippen LogP contribution < -0.4 is 5.32 Å². The van der Waals surface area contributed by atoms with Gasteiger partial charge in [0.25, 0.3) is 0 Å². The SMILES string of the molecule is CNC(c1csc(I)c1)c1c(C)cc(F)cc1C. The second kappa shape index (κ2) is 5.67. The van der Waals surface area contributed by atoms with Crippen LogP contribution in [0.5, 0.6) is 0 Å². The molecule has 0 bridgehead atoms. The molecule has 2 rings (SSSR count). The number of benzene rings is 1. The highest BCUT2D eigenvalue weighted by Gasteiger charge is 2.18. The van der Waals surface area contributed by atoms with Crippen LogP contribution in [0.4, 0.5) is 4.39 Å². The van der Waals surface area contributed by atoms with Gasteiger partial charge < -0.3 is 5.32 Å². The van der Waals surface area contributed by atoms with Crippen molar-refractivity contribution in [1.82, 2.24) is 5.32 Å². The Kier molecular flexibility index (Phi) is 4.40. The van der Waals surface area contributed by atoms with E-state index in [1.54, 1.807) is 23.5 Å². The van der Waals surface area contributed by atoms with Gasteiger partial charge in [0.2, 0.25) is 0 Å². The fourth-order valence-corrected chi connectivity index (χ4v) is 3.73. The highest BCUT2D eigenvalue weighted by atomic mass is 127. The molecule has 18 heavy (non-hydrogen) atoms. The quantitative estimate of drug-likeness (QED) is 0.784. The summed E-state index contributed by atoms with van der Waals surface area (Å²) in [7, 11) is 1.94. The Labute approximate surface area is 125 Å². The summed E-state index contributed by atoms with van der Waals surface area (Å²) in [4.78, 5) is 0. The number of halogens is 2. The van der Waals surface area contributed by atoms with Crippen molar-refractivity contribution in [2.24, 2.45) is 0 Å². The van der Waals surface area contributed by atoms with Gasteiger partial charge in [0, 0.05) is 0 Å². The lowest BCUT2D eigenvalue weighted by Crippen LogP contribution is -2.19. The van der Waals surface area contributed by atoms with E-state index >= 15 is 0 Å². The molecular formula is C14H15FINS. The van der Waals surface area contributed by atoms with Gasteiger partial charge in [0.05, 0.1) is 8.93 Å². The number of thiophene rings is 1. The molecule has 1 aromatic carbocycles. The molecule has 0 aliphatic carbocycles. The van der Waals surface area contributed by atoms with Gasteiger partial charge in [-0.2, -0.15) is 0 Å². The van der Waals surface area contributed by atoms with Crippen LogP contribution in [0, 0.1) is 22.5 Å². The third kappa shape index (κ3) is 2.75. The predicted octanol–water partition coefficient (Wildman–Crippen LogP) is 4.42.